The van der Waals surface area contributed by atoms with Crippen LogP contribution in [0, 0.1) is 0 Å². The van der Waals surface area contributed by atoms with E-state index in [2.05, 4.69) is 4.42 Å². The average molecular weight is 196 g/mol. The second-order valence-corrected chi connectivity index (χ2v) is 2.93. The van der Waals surface area contributed by atoms with Crippen LogP contribution in [-0.4, -0.2) is 16.5 Å². The standard InChI is InChI=1S/C8H8N2O4/c9-2-1-4-3-5-7(11)14-8(12)6(4)10(5)13/h3,13H,1-2,9H2. The Bertz CT molecular complexity index is 568. The molecule has 74 valence electrons. The van der Waals surface area contributed by atoms with Gasteiger partial charge in [-0.15, -0.1) is 0 Å². The summed E-state index contributed by atoms with van der Waals surface area (Å²) in [6.45, 7) is 0.331. The Balaban J connectivity index is 2.89. The van der Waals surface area contributed by atoms with Crippen LogP contribution in [0.4, 0.5) is 0 Å². The van der Waals surface area contributed by atoms with Gasteiger partial charge in [-0.25, -0.2) is 9.59 Å². The zero-order chi connectivity index (χ0) is 10.3. The molecule has 0 saturated carbocycles. The van der Waals surface area contributed by atoms with Crippen LogP contribution in [-0.2, 0) is 6.42 Å². The SMILES string of the molecule is NCCc1cc2c(=O)oc(=O)c1n2O. The first-order chi connectivity index (χ1) is 6.65. The number of hydrogen-bond acceptors (Lipinski definition) is 5. The first-order valence-electron chi connectivity index (χ1n) is 4.05. The molecule has 0 atom stereocenters. The molecule has 2 bridgehead atoms. The van der Waals surface area contributed by atoms with E-state index in [1.807, 2.05) is 0 Å². The van der Waals surface area contributed by atoms with Crippen molar-refractivity contribution in [3.05, 3.63) is 32.5 Å². The van der Waals surface area contributed by atoms with Crippen molar-refractivity contribution in [3.63, 3.8) is 0 Å². The fourth-order valence-corrected chi connectivity index (χ4v) is 1.44. The van der Waals surface area contributed by atoms with Gasteiger partial charge in [-0.05, 0) is 24.6 Å². The van der Waals surface area contributed by atoms with Gasteiger partial charge in [-0.3, -0.25) is 0 Å². The van der Waals surface area contributed by atoms with Crippen LogP contribution in [0.15, 0.2) is 20.1 Å². The number of rotatable bonds is 2. The van der Waals surface area contributed by atoms with E-state index < -0.39 is 11.3 Å². The Morgan fingerprint density at radius 2 is 2.14 bits per heavy atom. The first-order valence-corrected chi connectivity index (χ1v) is 4.05. The lowest BCUT2D eigenvalue weighted by Gasteiger charge is -1.95. The van der Waals surface area contributed by atoms with Crippen molar-refractivity contribution in [1.82, 2.24) is 4.73 Å². The van der Waals surface area contributed by atoms with Crippen LogP contribution in [0.2, 0.25) is 0 Å². The third-order valence-corrected chi connectivity index (χ3v) is 2.06. The van der Waals surface area contributed by atoms with Crippen LogP contribution >= 0.6 is 0 Å². The Morgan fingerprint density at radius 1 is 1.43 bits per heavy atom. The molecule has 0 aliphatic rings. The fraction of sp³-hybridized carbons (Fsp3) is 0.250. The van der Waals surface area contributed by atoms with Crippen LogP contribution in [0.1, 0.15) is 5.56 Å². The second-order valence-electron chi connectivity index (χ2n) is 2.93. The molecule has 6 heteroatoms. The van der Waals surface area contributed by atoms with E-state index >= 15 is 0 Å². The van der Waals surface area contributed by atoms with Crippen LogP contribution < -0.4 is 17.0 Å². The van der Waals surface area contributed by atoms with Gasteiger partial charge in [0.2, 0.25) is 0 Å². The lowest BCUT2D eigenvalue weighted by molar-refractivity contribution is 0.203. The molecular formula is C8H8N2O4. The summed E-state index contributed by atoms with van der Waals surface area (Å²) in [7, 11) is 0. The zero-order valence-corrected chi connectivity index (χ0v) is 7.19. The number of aromatic nitrogens is 1. The molecule has 0 saturated heterocycles. The highest BCUT2D eigenvalue weighted by Crippen LogP contribution is 2.12. The molecule has 14 heavy (non-hydrogen) atoms. The van der Waals surface area contributed by atoms with Gasteiger partial charge in [0.25, 0.3) is 0 Å². The summed E-state index contributed by atoms with van der Waals surface area (Å²) in [5.41, 5.74) is 4.12. The summed E-state index contributed by atoms with van der Waals surface area (Å²) in [4.78, 5) is 22.2. The molecule has 0 aliphatic heterocycles. The summed E-state index contributed by atoms with van der Waals surface area (Å²) in [6.07, 6.45) is 0.415. The molecule has 0 amide bonds. The van der Waals surface area contributed by atoms with Gasteiger partial charge in [0, 0.05) is 0 Å². The van der Waals surface area contributed by atoms with Crippen molar-refractivity contribution >= 4 is 11.0 Å². The van der Waals surface area contributed by atoms with Gasteiger partial charge in [0.1, 0.15) is 0 Å². The summed E-state index contributed by atoms with van der Waals surface area (Å²) in [5.74, 6) is 0. The van der Waals surface area contributed by atoms with Gasteiger partial charge in [-0.2, -0.15) is 4.73 Å². The number of fused-ring (bicyclic) bond motifs is 2. The molecule has 2 aromatic rings. The van der Waals surface area contributed by atoms with E-state index in [0.29, 0.717) is 23.3 Å². The van der Waals surface area contributed by atoms with Crippen molar-refractivity contribution in [2.45, 2.75) is 6.42 Å². The van der Waals surface area contributed by atoms with Crippen LogP contribution in [0.25, 0.3) is 11.0 Å². The van der Waals surface area contributed by atoms with E-state index in [1.54, 1.807) is 0 Å². The molecule has 0 aromatic carbocycles. The molecule has 0 fully saturated rings. The van der Waals surface area contributed by atoms with E-state index in [9.17, 15) is 14.8 Å². The van der Waals surface area contributed by atoms with Crippen molar-refractivity contribution in [3.8, 4) is 0 Å². The van der Waals surface area contributed by atoms with Gasteiger partial charge in [0.05, 0.1) is 0 Å². The molecule has 2 heterocycles. The minimum absolute atomic E-state index is 0.00921. The quantitative estimate of drug-likeness (QED) is 0.608. The average Bonchev–Trinajstić information content (AvgIpc) is 2.36. The molecule has 0 aliphatic carbocycles. The highest BCUT2D eigenvalue weighted by atomic mass is 16.5. The second kappa shape index (κ2) is 2.85. The lowest BCUT2D eigenvalue weighted by Crippen LogP contribution is -2.17. The van der Waals surface area contributed by atoms with Gasteiger partial charge in [0.15, 0.2) is 11.0 Å². The van der Waals surface area contributed by atoms with Crippen molar-refractivity contribution < 1.29 is 9.62 Å². The molecule has 0 spiro atoms. The lowest BCUT2D eigenvalue weighted by atomic mass is 10.2. The maximum absolute atomic E-state index is 11.2. The predicted molar refractivity (Wildman–Crippen MR) is 47.9 cm³/mol. The van der Waals surface area contributed by atoms with Gasteiger partial charge < -0.3 is 15.4 Å². The molecular weight excluding hydrogens is 188 g/mol. The van der Waals surface area contributed by atoms with Crippen molar-refractivity contribution in [1.29, 1.82) is 0 Å². The summed E-state index contributed by atoms with van der Waals surface area (Å²) < 4.78 is 4.93. The Labute approximate surface area is 77.5 Å². The van der Waals surface area contributed by atoms with Gasteiger partial charge >= 0.3 is 11.3 Å². The Kier molecular flexibility index (Phi) is 1.78. The highest BCUT2D eigenvalue weighted by Gasteiger charge is 2.16. The molecule has 2 rings (SSSR count). The molecule has 0 unspecified atom stereocenters. The first kappa shape index (κ1) is 8.76. The molecule has 2 aromatic heterocycles. The minimum Gasteiger partial charge on any atom is -0.427 e. The Morgan fingerprint density at radius 3 is 2.79 bits per heavy atom. The minimum atomic E-state index is -0.840. The normalized spacial score (nSPS) is 11.2. The maximum atomic E-state index is 11.2. The smallest absolute Gasteiger partial charge is 0.366 e. The largest absolute Gasteiger partial charge is 0.427 e. The fourth-order valence-electron chi connectivity index (χ4n) is 1.44. The number of nitrogens with two attached hydrogens (primary N) is 1. The number of nitrogens with zero attached hydrogens (tertiary/aromatic N) is 1. The highest BCUT2D eigenvalue weighted by molar-refractivity contribution is 5.65. The zero-order valence-electron chi connectivity index (χ0n) is 7.19. The third kappa shape index (κ3) is 1.01. The van der Waals surface area contributed by atoms with Crippen molar-refractivity contribution in [2.24, 2.45) is 5.73 Å². The van der Waals surface area contributed by atoms with Gasteiger partial charge in [-0.1, -0.05) is 0 Å². The summed E-state index contributed by atoms with van der Waals surface area (Å²) >= 11 is 0. The van der Waals surface area contributed by atoms with E-state index in [1.165, 1.54) is 6.07 Å². The maximum Gasteiger partial charge on any atom is 0.366 e. The molecule has 6 nitrogen and oxygen atoms in total. The molecule has 0 radical (unpaired) electrons. The Hall–Kier alpha value is -1.82. The van der Waals surface area contributed by atoms with Crippen molar-refractivity contribution in [2.75, 3.05) is 6.54 Å². The monoisotopic (exact) mass is 196 g/mol. The third-order valence-electron chi connectivity index (χ3n) is 2.06. The summed E-state index contributed by atoms with van der Waals surface area (Å²) in [6, 6.07) is 1.41. The van der Waals surface area contributed by atoms with E-state index in [-0.39, 0.29) is 11.0 Å². The van der Waals surface area contributed by atoms with E-state index in [0.717, 1.165) is 0 Å². The van der Waals surface area contributed by atoms with E-state index in [4.69, 9.17) is 5.73 Å². The molecule has 3 N–H and O–H groups in total. The van der Waals surface area contributed by atoms with Crippen LogP contribution in [0.5, 0.6) is 0 Å². The topological polar surface area (TPSA) is 98.5 Å². The predicted octanol–water partition coefficient (Wildman–Crippen LogP) is -0.869. The summed E-state index contributed by atoms with van der Waals surface area (Å²) in [5, 5.41) is 9.39. The van der Waals surface area contributed by atoms with Crippen LogP contribution in [0.3, 0.4) is 0 Å². The number of hydrogen-bond donors (Lipinski definition) is 2.